The normalized spacial score (nSPS) is 26.8. The van der Waals surface area contributed by atoms with E-state index in [1.54, 1.807) is 57.9 Å². The van der Waals surface area contributed by atoms with Crippen LogP contribution in [0.25, 0.3) is 0 Å². The Balaban J connectivity index is 1.61. The summed E-state index contributed by atoms with van der Waals surface area (Å²) in [5, 5.41) is 10.7. The number of benzene rings is 2. The zero-order valence-corrected chi connectivity index (χ0v) is 29.5. The summed E-state index contributed by atoms with van der Waals surface area (Å²) < 4.78 is 10.1. The second-order valence-corrected chi connectivity index (χ2v) is 14.6. The van der Waals surface area contributed by atoms with Gasteiger partial charge in [0.1, 0.15) is 17.5 Å². The zero-order valence-electron chi connectivity index (χ0n) is 28.7. The Bertz CT molecular complexity index is 1500. The van der Waals surface area contributed by atoms with Gasteiger partial charge in [-0.15, -0.1) is 24.9 Å². The number of rotatable bonds is 15. The number of anilines is 2. The number of thioether (sulfide) groups is 1. The van der Waals surface area contributed by atoms with Crippen molar-refractivity contribution in [1.82, 2.24) is 4.90 Å². The van der Waals surface area contributed by atoms with Gasteiger partial charge in [0.25, 0.3) is 5.91 Å². The number of hydrogen-bond donors (Lipinski definition) is 1. The highest BCUT2D eigenvalue weighted by Gasteiger charge is 2.77. The number of methoxy groups -OCH3 is 1. The van der Waals surface area contributed by atoms with E-state index in [9.17, 15) is 14.7 Å². The number of aliphatic hydroxyl groups excluding tert-OH is 1. The fourth-order valence-corrected chi connectivity index (χ4v) is 10.5. The largest absolute Gasteiger partial charge is 0.497 e. The van der Waals surface area contributed by atoms with Crippen LogP contribution in [0.5, 0.6) is 11.5 Å². The van der Waals surface area contributed by atoms with Gasteiger partial charge < -0.3 is 29.3 Å². The Kier molecular flexibility index (Phi) is 10.9. The van der Waals surface area contributed by atoms with Crippen molar-refractivity contribution in [2.45, 2.75) is 62.6 Å². The maximum atomic E-state index is 15.1. The molecule has 48 heavy (non-hydrogen) atoms. The van der Waals surface area contributed by atoms with E-state index in [1.165, 1.54) is 0 Å². The van der Waals surface area contributed by atoms with Crippen LogP contribution in [-0.4, -0.2) is 83.2 Å². The lowest BCUT2D eigenvalue weighted by atomic mass is 9.65. The number of carbonyl (C=O) groups excluding carboxylic acids is 3. The Morgan fingerprint density at radius 2 is 1.58 bits per heavy atom. The first-order valence-electron chi connectivity index (χ1n) is 17.0. The van der Waals surface area contributed by atoms with Gasteiger partial charge in [0.05, 0.1) is 42.9 Å². The van der Waals surface area contributed by atoms with Gasteiger partial charge in [-0.3, -0.25) is 14.4 Å². The summed E-state index contributed by atoms with van der Waals surface area (Å²) in [5.41, 5.74) is 1.35. The van der Waals surface area contributed by atoms with Crippen LogP contribution < -0.4 is 19.3 Å². The molecule has 3 saturated heterocycles. The lowest BCUT2D eigenvalue weighted by Crippen LogP contribution is -2.60. The molecule has 0 radical (unpaired) electrons. The van der Waals surface area contributed by atoms with Gasteiger partial charge >= 0.3 is 0 Å². The third-order valence-electron chi connectivity index (χ3n) is 10.5. The van der Waals surface area contributed by atoms with Crippen LogP contribution >= 0.6 is 11.8 Å². The average molecular weight is 676 g/mol. The number of amides is 3. The van der Waals surface area contributed by atoms with Gasteiger partial charge in [-0.05, 0) is 73.7 Å². The number of likely N-dealkylation sites (tertiary alicyclic amines) is 1. The zero-order chi connectivity index (χ0) is 34.7. The summed E-state index contributed by atoms with van der Waals surface area (Å²) in [5.74, 6) is -0.728. The van der Waals surface area contributed by atoms with Gasteiger partial charge in [-0.25, -0.2) is 0 Å². The summed E-state index contributed by atoms with van der Waals surface area (Å²) >= 11 is 1.63. The lowest BCUT2D eigenvalue weighted by molar-refractivity contribution is -0.143. The van der Waals surface area contributed by atoms with E-state index < -0.39 is 28.7 Å². The molecule has 3 amide bonds. The molecule has 10 heteroatoms. The first kappa shape index (κ1) is 35.5. The minimum absolute atomic E-state index is 0.0273. The Hall–Kier alpha value is -3.76. The molecule has 3 aliphatic rings. The van der Waals surface area contributed by atoms with Gasteiger partial charge in [0, 0.05) is 29.7 Å². The summed E-state index contributed by atoms with van der Waals surface area (Å²) in [6.07, 6.45) is 4.77. The Labute approximate surface area is 288 Å². The second-order valence-electron chi connectivity index (χ2n) is 13.0. The van der Waals surface area contributed by atoms with E-state index in [0.29, 0.717) is 42.3 Å². The fourth-order valence-electron chi connectivity index (χ4n) is 8.07. The average Bonchev–Trinajstić information content (AvgIpc) is 3.70. The van der Waals surface area contributed by atoms with Crippen molar-refractivity contribution in [2.24, 2.45) is 23.7 Å². The summed E-state index contributed by atoms with van der Waals surface area (Å²) in [4.78, 5) is 49.9. The fraction of sp³-hybridized carbons (Fsp3) is 0.500. The molecule has 1 spiro atoms. The summed E-state index contributed by atoms with van der Waals surface area (Å²) in [7, 11) is 1.59. The molecule has 3 aliphatic heterocycles. The molecule has 3 unspecified atom stereocenters. The SMILES string of the molecule is C=CCN(C(=O)C1N([C@@H](CO)[C@@H](C)CC)C(=O)[C@@H]2[C@H](C(=O)N(CC=C)c3ccc(OCC)cc3)[C@@H]3CC(C)C12S3)c1ccc(OC)cc1. The predicted molar refractivity (Wildman–Crippen MR) is 192 cm³/mol. The van der Waals surface area contributed by atoms with Crippen LogP contribution in [0.1, 0.15) is 40.5 Å². The molecule has 5 rings (SSSR count). The number of hydrogen-bond acceptors (Lipinski definition) is 7. The van der Waals surface area contributed by atoms with E-state index >= 15 is 4.79 Å². The summed E-state index contributed by atoms with van der Waals surface area (Å²) in [6.45, 7) is 16.6. The van der Waals surface area contributed by atoms with E-state index in [-0.39, 0.29) is 54.5 Å². The van der Waals surface area contributed by atoms with Crippen molar-refractivity contribution >= 4 is 40.9 Å². The second kappa shape index (κ2) is 14.8. The van der Waals surface area contributed by atoms with Crippen LogP contribution in [0.3, 0.4) is 0 Å². The van der Waals surface area contributed by atoms with E-state index in [2.05, 4.69) is 20.1 Å². The number of carbonyl (C=O) groups is 3. The molecule has 3 heterocycles. The Morgan fingerprint density at radius 3 is 2.08 bits per heavy atom. The van der Waals surface area contributed by atoms with Crippen LogP contribution in [0.15, 0.2) is 73.8 Å². The molecule has 3 fully saturated rings. The van der Waals surface area contributed by atoms with E-state index in [1.807, 2.05) is 57.2 Å². The molecule has 2 bridgehead atoms. The topological polar surface area (TPSA) is 99.6 Å². The minimum atomic E-state index is -0.885. The van der Waals surface area contributed by atoms with Crippen LogP contribution in [0.2, 0.25) is 0 Å². The molecule has 1 N–H and O–H groups in total. The number of ether oxygens (including phenoxy) is 2. The molecule has 0 saturated carbocycles. The van der Waals surface area contributed by atoms with Crippen LogP contribution in [-0.2, 0) is 14.4 Å². The molecule has 0 aromatic heterocycles. The molecular weight excluding hydrogens is 627 g/mol. The highest BCUT2D eigenvalue weighted by molar-refractivity contribution is 8.02. The standard InChI is InChI=1S/C38H49N3O6S/c1-8-20-39(26-14-18-29(19-15-26)47-11-4)35(43)32-31-22-25(6)38(48-31)33(32)36(44)41(30(23-42)24(5)10-3)34(38)37(45)40(21-9-2)27-12-16-28(46-7)17-13-27/h8-9,12-19,24-25,30-34,42H,1-2,10-11,20-23H2,3-7H3/t24-,25?,30-,31-,32+,33-,34?,38?/m0/s1. The first-order chi connectivity index (χ1) is 23.1. The van der Waals surface area contributed by atoms with Gasteiger partial charge in [0.2, 0.25) is 11.8 Å². The number of aliphatic hydroxyl groups is 1. The molecule has 2 aromatic rings. The number of fused-ring (bicyclic) bond motifs is 1. The third kappa shape index (κ3) is 5.91. The third-order valence-corrected chi connectivity index (χ3v) is 12.6. The van der Waals surface area contributed by atoms with Crippen molar-refractivity contribution in [3.05, 3.63) is 73.8 Å². The number of nitrogens with zero attached hydrogens (tertiary/aromatic N) is 3. The molecular formula is C38H49N3O6S. The Morgan fingerprint density at radius 1 is 1.02 bits per heavy atom. The monoisotopic (exact) mass is 675 g/mol. The lowest BCUT2D eigenvalue weighted by Gasteiger charge is -2.43. The van der Waals surface area contributed by atoms with Crippen molar-refractivity contribution in [1.29, 1.82) is 0 Å². The first-order valence-corrected chi connectivity index (χ1v) is 17.8. The molecule has 2 aromatic carbocycles. The smallest absolute Gasteiger partial charge is 0.251 e. The van der Waals surface area contributed by atoms with Crippen molar-refractivity contribution in [3.63, 3.8) is 0 Å². The van der Waals surface area contributed by atoms with Crippen LogP contribution in [0, 0.1) is 23.7 Å². The predicted octanol–water partition coefficient (Wildman–Crippen LogP) is 5.58. The van der Waals surface area contributed by atoms with Gasteiger partial charge in [-0.1, -0.05) is 39.3 Å². The maximum absolute atomic E-state index is 15.1. The quantitative estimate of drug-likeness (QED) is 0.246. The molecule has 9 nitrogen and oxygen atoms in total. The molecule has 8 atom stereocenters. The van der Waals surface area contributed by atoms with Gasteiger partial charge in [-0.2, -0.15) is 0 Å². The molecule has 258 valence electrons. The van der Waals surface area contributed by atoms with Crippen molar-refractivity contribution in [2.75, 3.05) is 43.2 Å². The van der Waals surface area contributed by atoms with Crippen molar-refractivity contribution < 1.29 is 29.0 Å². The van der Waals surface area contributed by atoms with Gasteiger partial charge in [0.15, 0.2) is 0 Å². The molecule has 0 aliphatic carbocycles. The summed E-state index contributed by atoms with van der Waals surface area (Å²) in [6, 6.07) is 13.2. The highest BCUT2D eigenvalue weighted by atomic mass is 32.2. The van der Waals surface area contributed by atoms with Crippen molar-refractivity contribution in [3.8, 4) is 11.5 Å². The van der Waals surface area contributed by atoms with E-state index in [4.69, 9.17) is 9.47 Å². The maximum Gasteiger partial charge on any atom is 0.251 e. The highest BCUT2D eigenvalue weighted by Crippen LogP contribution is 2.69. The minimum Gasteiger partial charge on any atom is -0.497 e. The van der Waals surface area contributed by atoms with Crippen LogP contribution in [0.4, 0.5) is 11.4 Å². The van der Waals surface area contributed by atoms with E-state index in [0.717, 1.165) is 0 Å².